The molecule has 1 saturated heterocycles. The van der Waals surface area contributed by atoms with Crippen molar-refractivity contribution in [1.29, 1.82) is 0 Å². The van der Waals surface area contributed by atoms with Crippen molar-refractivity contribution in [3.8, 4) is 0 Å². The van der Waals surface area contributed by atoms with Gasteiger partial charge in [-0.3, -0.25) is 0 Å². The maximum absolute atomic E-state index is 12.2. The van der Waals surface area contributed by atoms with Crippen molar-refractivity contribution < 1.29 is 8.42 Å². The molecule has 0 unspecified atom stereocenters. The lowest BCUT2D eigenvalue weighted by atomic mass is 9.99. The molecule has 1 rings (SSSR count). The zero-order chi connectivity index (χ0) is 12.2. The van der Waals surface area contributed by atoms with Crippen LogP contribution in [0.2, 0.25) is 0 Å². The molecule has 0 aromatic rings. The minimum atomic E-state index is -3.23. The largest absolute Gasteiger partial charge is 0.330 e. The number of hydrogen-bond acceptors (Lipinski definition) is 3. The first-order valence-corrected chi connectivity index (χ1v) is 7.41. The Morgan fingerprint density at radius 2 is 1.75 bits per heavy atom. The van der Waals surface area contributed by atoms with Gasteiger partial charge in [-0.1, -0.05) is 13.8 Å². The van der Waals surface area contributed by atoms with Crippen molar-refractivity contribution >= 4 is 10.2 Å². The minimum Gasteiger partial charge on any atom is -0.330 e. The molecule has 16 heavy (non-hydrogen) atoms. The lowest BCUT2D eigenvalue weighted by Gasteiger charge is -2.33. The summed E-state index contributed by atoms with van der Waals surface area (Å²) in [5.74, 6) is 0.489. The summed E-state index contributed by atoms with van der Waals surface area (Å²) in [4.78, 5) is 0. The fraction of sp³-hybridized carbons (Fsp3) is 1.00. The highest BCUT2D eigenvalue weighted by Gasteiger charge is 2.30. The lowest BCUT2D eigenvalue weighted by molar-refractivity contribution is 0.260. The molecule has 0 aliphatic carbocycles. The van der Waals surface area contributed by atoms with Gasteiger partial charge in [-0.2, -0.15) is 17.0 Å². The highest BCUT2D eigenvalue weighted by molar-refractivity contribution is 7.86. The molecule has 0 saturated carbocycles. The Hall–Kier alpha value is -0.170. The average Bonchev–Trinajstić information content (AvgIpc) is 2.30. The van der Waals surface area contributed by atoms with E-state index in [1.54, 1.807) is 4.31 Å². The van der Waals surface area contributed by atoms with Crippen LogP contribution in [0.4, 0.5) is 0 Å². The van der Waals surface area contributed by atoms with E-state index in [0.29, 0.717) is 38.6 Å². The SMILES string of the molecule is CCN(CC)S(=O)(=O)N1CCC(CN)CC1. The van der Waals surface area contributed by atoms with E-state index in [1.807, 2.05) is 13.8 Å². The number of rotatable bonds is 5. The molecule has 1 fully saturated rings. The predicted molar refractivity (Wildman–Crippen MR) is 65.2 cm³/mol. The zero-order valence-corrected chi connectivity index (χ0v) is 11.0. The van der Waals surface area contributed by atoms with Crippen molar-refractivity contribution in [2.45, 2.75) is 26.7 Å². The van der Waals surface area contributed by atoms with E-state index in [0.717, 1.165) is 12.8 Å². The van der Waals surface area contributed by atoms with E-state index >= 15 is 0 Å². The maximum Gasteiger partial charge on any atom is 0.281 e. The third kappa shape index (κ3) is 2.94. The average molecular weight is 249 g/mol. The Labute approximate surface area is 98.8 Å². The van der Waals surface area contributed by atoms with E-state index in [-0.39, 0.29) is 0 Å². The second-order valence-corrected chi connectivity index (χ2v) is 6.10. The number of piperidine rings is 1. The summed E-state index contributed by atoms with van der Waals surface area (Å²) in [7, 11) is -3.23. The van der Waals surface area contributed by atoms with Gasteiger partial charge in [0.15, 0.2) is 0 Å². The van der Waals surface area contributed by atoms with E-state index in [9.17, 15) is 8.42 Å². The summed E-state index contributed by atoms with van der Waals surface area (Å²) < 4.78 is 27.4. The molecule has 1 aliphatic heterocycles. The van der Waals surface area contributed by atoms with Crippen molar-refractivity contribution in [3.63, 3.8) is 0 Å². The first kappa shape index (κ1) is 13.9. The number of hydrogen-bond donors (Lipinski definition) is 1. The predicted octanol–water partition coefficient (Wildman–Crippen LogP) is 0.244. The molecule has 0 atom stereocenters. The quantitative estimate of drug-likeness (QED) is 0.759. The molecule has 0 spiro atoms. The van der Waals surface area contributed by atoms with Gasteiger partial charge in [-0.25, -0.2) is 0 Å². The third-order valence-electron chi connectivity index (χ3n) is 3.26. The van der Waals surface area contributed by atoms with Gasteiger partial charge >= 0.3 is 0 Å². The van der Waals surface area contributed by atoms with Crippen LogP contribution in [0.3, 0.4) is 0 Å². The Bertz CT molecular complexity index is 293. The standard InChI is InChI=1S/C10H23N3O2S/c1-3-12(4-2)16(14,15)13-7-5-10(9-11)6-8-13/h10H,3-9,11H2,1-2H3. The van der Waals surface area contributed by atoms with Crippen molar-refractivity contribution in [1.82, 2.24) is 8.61 Å². The molecule has 0 aromatic carbocycles. The van der Waals surface area contributed by atoms with E-state index in [4.69, 9.17) is 5.73 Å². The van der Waals surface area contributed by atoms with Crippen LogP contribution in [0.1, 0.15) is 26.7 Å². The normalized spacial score (nSPS) is 20.5. The van der Waals surface area contributed by atoms with Crippen LogP contribution in [0.15, 0.2) is 0 Å². The van der Waals surface area contributed by atoms with Crippen LogP contribution < -0.4 is 5.73 Å². The fourth-order valence-electron chi connectivity index (χ4n) is 2.09. The fourth-order valence-corrected chi connectivity index (χ4v) is 3.74. The van der Waals surface area contributed by atoms with Gasteiger partial charge in [0.05, 0.1) is 0 Å². The molecule has 1 heterocycles. The number of nitrogens with zero attached hydrogens (tertiary/aromatic N) is 2. The molecule has 0 aromatic heterocycles. The summed E-state index contributed by atoms with van der Waals surface area (Å²) in [6.07, 6.45) is 1.77. The van der Waals surface area contributed by atoms with Crippen LogP contribution in [-0.4, -0.2) is 49.8 Å². The minimum absolute atomic E-state index is 0.489. The monoisotopic (exact) mass is 249 g/mol. The topological polar surface area (TPSA) is 66.6 Å². The van der Waals surface area contributed by atoms with Gasteiger partial charge in [0.2, 0.25) is 0 Å². The van der Waals surface area contributed by atoms with Gasteiger partial charge in [-0.05, 0) is 25.3 Å². The van der Waals surface area contributed by atoms with Crippen LogP contribution in [0.25, 0.3) is 0 Å². The van der Waals surface area contributed by atoms with E-state index in [1.165, 1.54) is 4.31 Å². The lowest BCUT2D eigenvalue weighted by Crippen LogP contribution is -2.47. The third-order valence-corrected chi connectivity index (χ3v) is 5.45. The van der Waals surface area contributed by atoms with Gasteiger partial charge in [-0.15, -0.1) is 0 Å². The molecule has 2 N–H and O–H groups in total. The first-order chi connectivity index (χ1) is 7.56. The van der Waals surface area contributed by atoms with Crippen LogP contribution >= 0.6 is 0 Å². The van der Waals surface area contributed by atoms with Crippen molar-refractivity contribution in [3.05, 3.63) is 0 Å². The summed E-state index contributed by atoms with van der Waals surface area (Å²) in [6.45, 7) is 6.70. The Morgan fingerprint density at radius 3 is 2.12 bits per heavy atom. The highest BCUT2D eigenvalue weighted by Crippen LogP contribution is 2.20. The highest BCUT2D eigenvalue weighted by atomic mass is 32.2. The first-order valence-electron chi connectivity index (χ1n) is 6.01. The van der Waals surface area contributed by atoms with E-state index < -0.39 is 10.2 Å². The van der Waals surface area contributed by atoms with Crippen LogP contribution in [0, 0.1) is 5.92 Å². The second-order valence-electron chi connectivity index (χ2n) is 4.17. The summed E-state index contributed by atoms with van der Waals surface area (Å²) in [5, 5.41) is 0. The van der Waals surface area contributed by atoms with Gasteiger partial charge in [0.25, 0.3) is 10.2 Å². The molecule has 6 heteroatoms. The molecule has 5 nitrogen and oxygen atoms in total. The molecule has 96 valence electrons. The van der Waals surface area contributed by atoms with Crippen LogP contribution in [-0.2, 0) is 10.2 Å². The summed E-state index contributed by atoms with van der Waals surface area (Å²) in [5.41, 5.74) is 5.59. The second kappa shape index (κ2) is 5.95. The number of nitrogens with two attached hydrogens (primary N) is 1. The molecule has 0 amide bonds. The summed E-state index contributed by atoms with van der Waals surface area (Å²) >= 11 is 0. The molecular weight excluding hydrogens is 226 g/mol. The van der Waals surface area contributed by atoms with E-state index in [2.05, 4.69) is 0 Å². The van der Waals surface area contributed by atoms with Gasteiger partial charge in [0.1, 0.15) is 0 Å². The van der Waals surface area contributed by atoms with Crippen molar-refractivity contribution in [2.24, 2.45) is 11.7 Å². The molecule has 1 aliphatic rings. The van der Waals surface area contributed by atoms with Gasteiger partial charge in [0, 0.05) is 26.2 Å². The Balaban J connectivity index is 2.64. The molecule has 0 bridgehead atoms. The Kier molecular flexibility index (Phi) is 5.17. The molecule has 0 radical (unpaired) electrons. The Morgan fingerprint density at radius 1 is 1.25 bits per heavy atom. The maximum atomic E-state index is 12.2. The van der Waals surface area contributed by atoms with Crippen molar-refractivity contribution in [2.75, 3.05) is 32.7 Å². The van der Waals surface area contributed by atoms with Crippen LogP contribution in [0.5, 0.6) is 0 Å². The molecular formula is C10H23N3O2S. The van der Waals surface area contributed by atoms with Gasteiger partial charge < -0.3 is 5.73 Å². The smallest absolute Gasteiger partial charge is 0.281 e. The zero-order valence-electron chi connectivity index (χ0n) is 10.2. The summed E-state index contributed by atoms with van der Waals surface area (Å²) in [6, 6.07) is 0.